The minimum absolute atomic E-state index is 0.129. The lowest BCUT2D eigenvalue weighted by atomic mass is 9.71. The largest absolute Gasteiger partial charge is 0.491 e. The molecule has 2 fully saturated rings. The first-order valence-corrected chi connectivity index (χ1v) is 14.0. The van der Waals surface area contributed by atoms with Crippen molar-refractivity contribution < 1.29 is 14.3 Å². The number of hydrogen-bond donors (Lipinski definition) is 0. The summed E-state index contributed by atoms with van der Waals surface area (Å²) in [5.41, 5.74) is 3.56. The molecule has 0 unspecified atom stereocenters. The van der Waals surface area contributed by atoms with E-state index in [4.69, 9.17) is 9.47 Å². The third-order valence-corrected chi connectivity index (χ3v) is 8.10. The Morgan fingerprint density at radius 2 is 1.45 bits per heavy atom. The second kappa shape index (κ2) is 12.0. The fourth-order valence-electron chi connectivity index (χ4n) is 5.75. The Morgan fingerprint density at radius 3 is 2.13 bits per heavy atom. The van der Waals surface area contributed by atoms with Gasteiger partial charge in [-0.05, 0) is 93.9 Å². The van der Waals surface area contributed by atoms with E-state index in [0.29, 0.717) is 12.0 Å². The number of ether oxygens (including phenoxy) is 2. The van der Waals surface area contributed by atoms with Crippen molar-refractivity contribution in [2.24, 2.45) is 5.41 Å². The standard InChI is InChI=1S/C33H40N2O3/c1-26(2)38-30-14-12-28(13-15-30)32(36)35-22-18-33(19-23-35)16-20-34(21-17-33)24-29-10-6-7-11-31(29)37-25-27-8-4-3-5-9-27/h3-15,26H,16-25H2,1-2H3. The van der Waals surface area contributed by atoms with Crippen LogP contribution in [0.3, 0.4) is 0 Å². The van der Waals surface area contributed by atoms with Crippen LogP contribution < -0.4 is 9.47 Å². The maximum Gasteiger partial charge on any atom is 0.253 e. The average molecular weight is 513 g/mol. The van der Waals surface area contributed by atoms with Gasteiger partial charge in [0.1, 0.15) is 18.1 Å². The summed E-state index contributed by atoms with van der Waals surface area (Å²) in [6.45, 7) is 9.41. The van der Waals surface area contributed by atoms with Crippen LogP contribution in [0.15, 0.2) is 78.9 Å². The van der Waals surface area contributed by atoms with Crippen molar-refractivity contribution in [2.75, 3.05) is 26.2 Å². The highest BCUT2D eigenvalue weighted by Gasteiger charge is 2.38. The molecule has 0 aromatic heterocycles. The number of carbonyl (C=O) groups excluding carboxylic acids is 1. The number of para-hydroxylation sites is 1. The maximum atomic E-state index is 13.1. The summed E-state index contributed by atoms with van der Waals surface area (Å²) in [4.78, 5) is 17.7. The van der Waals surface area contributed by atoms with E-state index in [9.17, 15) is 4.79 Å². The molecule has 2 aliphatic heterocycles. The van der Waals surface area contributed by atoms with E-state index in [0.717, 1.165) is 62.6 Å². The molecular weight excluding hydrogens is 472 g/mol. The second-order valence-corrected chi connectivity index (χ2v) is 11.1. The van der Waals surface area contributed by atoms with E-state index in [1.165, 1.54) is 24.0 Å². The number of hydrogen-bond acceptors (Lipinski definition) is 4. The number of piperidine rings is 2. The van der Waals surface area contributed by atoms with Crippen LogP contribution in [0.4, 0.5) is 0 Å². The zero-order valence-electron chi connectivity index (χ0n) is 22.8. The zero-order valence-corrected chi connectivity index (χ0v) is 22.8. The van der Waals surface area contributed by atoms with Gasteiger partial charge in [0.15, 0.2) is 0 Å². The highest BCUT2D eigenvalue weighted by atomic mass is 16.5. The van der Waals surface area contributed by atoms with Crippen molar-refractivity contribution in [2.45, 2.75) is 58.8 Å². The predicted molar refractivity (Wildman–Crippen MR) is 152 cm³/mol. The van der Waals surface area contributed by atoms with Crippen molar-refractivity contribution in [3.05, 3.63) is 95.6 Å². The van der Waals surface area contributed by atoms with Gasteiger partial charge in [-0.2, -0.15) is 0 Å². The molecule has 2 heterocycles. The maximum absolute atomic E-state index is 13.1. The molecule has 5 heteroatoms. The monoisotopic (exact) mass is 512 g/mol. The topological polar surface area (TPSA) is 42.0 Å². The molecule has 0 aliphatic carbocycles. The molecular formula is C33H40N2O3. The molecule has 1 amide bonds. The van der Waals surface area contributed by atoms with Crippen LogP contribution in [-0.4, -0.2) is 48.0 Å². The third kappa shape index (κ3) is 6.57. The summed E-state index contributed by atoms with van der Waals surface area (Å²) in [6, 6.07) is 26.4. The molecule has 2 aliphatic rings. The van der Waals surface area contributed by atoms with Crippen LogP contribution in [0.1, 0.15) is 61.0 Å². The molecule has 0 radical (unpaired) electrons. The first kappa shape index (κ1) is 26.3. The molecule has 0 atom stereocenters. The van der Waals surface area contributed by atoms with Gasteiger partial charge in [-0.25, -0.2) is 0 Å². The summed E-state index contributed by atoms with van der Waals surface area (Å²) in [5, 5.41) is 0. The molecule has 200 valence electrons. The van der Waals surface area contributed by atoms with E-state index >= 15 is 0 Å². The highest BCUT2D eigenvalue weighted by Crippen LogP contribution is 2.42. The Morgan fingerprint density at radius 1 is 0.816 bits per heavy atom. The van der Waals surface area contributed by atoms with E-state index in [1.54, 1.807) is 0 Å². The quantitative estimate of drug-likeness (QED) is 0.342. The van der Waals surface area contributed by atoms with Gasteiger partial charge in [-0.1, -0.05) is 48.5 Å². The first-order valence-electron chi connectivity index (χ1n) is 14.0. The van der Waals surface area contributed by atoms with Crippen LogP contribution in [-0.2, 0) is 13.2 Å². The van der Waals surface area contributed by atoms with Crippen molar-refractivity contribution in [3.63, 3.8) is 0 Å². The lowest BCUT2D eigenvalue weighted by Crippen LogP contribution is -2.48. The lowest BCUT2D eigenvalue weighted by Gasteiger charge is -2.47. The zero-order chi connectivity index (χ0) is 26.4. The number of likely N-dealkylation sites (tertiary alicyclic amines) is 2. The van der Waals surface area contributed by atoms with Gasteiger partial charge in [0.05, 0.1) is 6.10 Å². The fourth-order valence-corrected chi connectivity index (χ4v) is 5.75. The summed E-state index contributed by atoms with van der Waals surface area (Å²) < 4.78 is 11.9. The van der Waals surface area contributed by atoms with Crippen LogP contribution in [0.2, 0.25) is 0 Å². The minimum Gasteiger partial charge on any atom is -0.491 e. The summed E-state index contributed by atoms with van der Waals surface area (Å²) in [5.74, 6) is 1.93. The molecule has 3 aromatic carbocycles. The summed E-state index contributed by atoms with van der Waals surface area (Å²) in [6.07, 6.45) is 4.71. The Bertz CT molecular complexity index is 1170. The number of nitrogens with zero attached hydrogens (tertiary/aromatic N) is 2. The number of carbonyl (C=O) groups is 1. The van der Waals surface area contributed by atoms with Crippen LogP contribution in [0.5, 0.6) is 11.5 Å². The molecule has 0 saturated carbocycles. The predicted octanol–water partition coefficient (Wildman–Crippen LogP) is 6.57. The van der Waals surface area contributed by atoms with Crippen molar-refractivity contribution >= 4 is 5.91 Å². The van der Waals surface area contributed by atoms with Crippen LogP contribution in [0, 0.1) is 5.41 Å². The van der Waals surface area contributed by atoms with Crippen molar-refractivity contribution in [1.82, 2.24) is 9.80 Å². The Kier molecular flexibility index (Phi) is 8.33. The molecule has 3 aromatic rings. The molecule has 0 N–H and O–H groups in total. The number of amides is 1. The summed E-state index contributed by atoms with van der Waals surface area (Å²) >= 11 is 0. The SMILES string of the molecule is CC(C)Oc1ccc(C(=O)N2CCC3(CCN(Cc4ccccc4OCc4ccccc4)CC3)CC2)cc1. The average Bonchev–Trinajstić information content (AvgIpc) is 2.95. The molecule has 5 rings (SSSR count). The van der Waals surface area contributed by atoms with Crippen molar-refractivity contribution in [1.29, 1.82) is 0 Å². The van der Waals surface area contributed by atoms with E-state index in [1.807, 2.05) is 49.1 Å². The Hall–Kier alpha value is -3.31. The molecule has 38 heavy (non-hydrogen) atoms. The number of rotatable bonds is 8. The van der Waals surface area contributed by atoms with E-state index < -0.39 is 0 Å². The van der Waals surface area contributed by atoms with Crippen molar-refractivity contribution in [3.8, 4) is 11.5 Å². The lowest BCUT2D eigenvalue weighted by molar-refractivity contribution is 0.0283. The molecule has 5 nitrogen and oxygen atoms in total. The van der Waals surface area contributed by atoms with Gasteiger partial charge in [0.25, 0.3) is 5.91 Å². The van der Waals surface area contributed by atoms with Gasteiger partial charge < -0.3 is 14.4 Å². The van der Waals surface area contributed by atoms with Crippen LogP contribution in [0.25, 0.3) is 0 Å². The van der Waals surface area contributed by atoms with E-state index in [2.05, 4.69) is 53.4 Å². The number of benzene rings is 3. The molecule has 1 spiro atoms. The minimum atomic E-state index is 0.129. The fraction of sp³-hybridized carbons (Fsp3) is 0.424. The van der Waals surface area contributed by atoms with E-state index in [-0.39, 0.29) is 12.0 Å². The normalized spacial score (nSPS) is 17.5. The van der Waals surface area contributed by atoms with Gasteiger partial charge in [-0.3, -0.25) is 9.69 Å². The van der Waals surface area contributed by atoms with Gasteiger partial charge in [0.2, 0.25) is 0 Å². The van der Waals surface area contributed by atoms with Crippen LogP contribution >= 0.6 is 0 Å². The second-order valence-electron chi connectivity index (χ2n) is 11.1. The summed E-state index contributed by atoms with van der Waals surface area (Å²) in [7, 11) is 0. The molecule has 0 bridgehead atoms. The smallest absolute Gasteiger partial charge is 0.253 e. The molecule has 2 saturated heterocycles. The third-order valence-electron chi connectivity index (χ3n) is 8.10. The van der Waals surface area contributed by atoms with Gasteiger partial charge >= 0.3 is 0 Å². The highest BCUT2D eigenvalue weighted by molar-refractivity contribution is 5.94. The first-order chi connectivity index (χ1) is 18.5. The Balaban J connectivity index is 1.10. The van der Waals surface area contributed by atoms with Gasteiger partial charge in [-0.15, -0.1) is 0 Å². The Labute approximate surface area is 227 Å². The van der Waals surface area contributed by atoms with Gasteiger partial charge in [0, 0.05) is 30.8 Å².